The molecule has 0 unspecified atom stereocenters. The van der Waals surface area contributed by atoms with Crippen molar-refractivity contribution in [1.82, 2.24) is 15.1 Å². The minimum atomic E-state index is 0.0966. The molecular weight excluding hydrogens is 338 g/mol. The molecule has 1 aromatic heterocycles. The van der Waals surface area contributed by atoms with Crippen molar-refractivity contribution in [2.45, 2.75) is 26.7 Å². The first kappa shape index (κ1) is 17.5. The average molecular weight is 361 g/mol. The number of carbonyl (C=O) groups excluding carboxylic acids is 1. The number of likely N-dealkylation sites (tertiary alicyclic amines) is 1. The first-order valence-corrected chi connectivity index (χ1v) is 9.40. The number of nitrogens with zero attached hydrogens (tertiary/aromatic N) is 3. The van der Waals surface area contributed by atoms with E-state index >= 15 is 0 Å². The van der Waals surface area contributed by atoms with Gasteiger partial charge in [-0.2, -0.15) is 0 Å². The van der Waals surface area contributed by atoms with E-state index in [0.29, 0.717) is 23.3 Å². The van der Waals surface area contributed by atoms with Gasteiger partial charge in [-0.25, -0.2) is 0 Å². The predicted molar refractivity (Wildman–Crippen MR) is 104 cm³/mol. The first-order chi connectivity index (χ1) is 13.1. The molecule has 5 heteroatoms. The monoisotopic (exact) mass is 361 g/mol. The van der Waals surface area contributed by atoms with Gasteiger partial charge in [0.2, 0.25) is 11.8 Å². The second-order valence-electron chi connectivity index (χ2n) is 7.33. The van der Waals surface area contributed by atoms with Crippen molar-refractivity contribution < 1.29 is 9.21 Å². The largest absolute Gasteiger partial charge is 0.416 e. The zero-order valence-electron chi connectivity index (χ0n) is 15.7. The summed E-state index contributed by atoms with van der Waals surface area (Å²) in [5.74, 6) is 1.75. The predicted octanol–water partition coefficient (Wildman–Crippen LogP) is 4.58. The molecular formula is C22H23N3O2. The van der Waals surface area contributed by atoms with Crippen LogP contribution in [0.1, 0.15) is 35.7 Å². The SMILES string of the molecule is Cc1ccc(-c2nnc(-c3ccc(C(=O)N4CCC(C)CC4)cc3)o2)cc1. The second-order valence-corrected chi connectivity index (χ2v) is 7.33. The van der Waals surface area contributed by atoms with Crippen LogP contribution < -0.4 is 0 Å². The number of hydrogen-bond donors (Lipinski definition) is 0. The Morgan fingerprint density at radius 3 is 2.00 bits per heavy atom. The van der Waals surface area contributed by atoms with Crippen molar-refractivity contribution >= 4 is 5.91 Å². The first-order valence-electron chi connectivity index (χ1n) is 9.40. The Hall–Kier alpha value is -2.95. The van der Waals surface area contributed by atoms with Crippen LogP contribution in [-0.4, -0.2) is 34.1 Å². The lowest BCUT2D eigenvalue weighted by Crippen LogP contribution is -2.37. The van der Waals surface area contributed by atoms with Crippen LogP contribution in [0.4, 0.5) is 0 Å². The third-order valence-corrected chi connectivity index (χ3v) is 5.17. The number of amides is 1. The van der Waals surface area contributed by atoms with E-state index in [9.17, 15) is 4.79 Å². The molecule has 1 fully saturated rings. The third kappa shape index (κ3) is 3.77. The van der Waals surface area contributed by atoms with Gasteiger partial charge < -0.3 is 9.32 Å². The highest BCUT2D eigenvalue weighted by molar-refractivity contribution is 5.94. The summed E-state index contributed by atoms with van der Waals surface area (Å²) in [7, 11) is 0. The number of hydrogen-bond acceptors (Lipinski definition) is 4. The number of aryl methyl sites for hydroxylation is 1. The quantitative estimate of drug-likeness (QED) is 0.685. The van der Waals surface area contributed by atoms with Gasteiger partial charge in [0, 0.05) is 29.8 Å². The van der Waals surface area contributed by atoms with E-state index in [4.69, 9.17) is 4.42 Å². The Morgan fingerprint density at radius 2 is 1.44 bits per heavy atom. The number of rotatable bonds is 3. The second kappa shape index (κ2) is 7.35. The lowest BCUT2D eigenvalue weighted by atomic mass is 9.98. The summed E-state index contributed by atoms with van der Waals surface area (Å²) in [5.41, 5.74) is 3.59. The summed E-state index contributed by atoms with van der Waals surface area (Å²) >= 11 is 0. The highest BCUT2D eigenvalue weighted by Crippen LogP contribution is 2.25. The van der Waals surface area contributed by atoms with Gasteiger partial charge in [-0.15, -0.1) is 10.2 Å². The smallest absolute Gasteiger partial charge is 0.253 e. The van der Waals surface area contributed by atoms with Gasteiger partial charge in [0.15, 0.2) is 0 Å². The number of benzene rings is 2. The zero-order valence-corrected chi connectivity index (χ0v) is 15.7. The summed E-state index contributed by atoms with van der Waals surface area (Å²) in [6.07, 6.45) is 2.15. The molecule has 2 aromatic carbocycles. The fourth-order valence-electron chi connectivity index (χ4n) is 3.30. The van der Waals surface area contributed by atoms with Crippen molar-refractivity contribution in [3.05, 3.63) is 59.7 Å². The molecule has 0 radical (unpaired) electrons. The van der Waals surface area contributed by atoms with Crippen molar-refractivity contribution in [3.8, 4) is 22.9 Å². The van der Waals surface area contributed by atoms with Gasteiger partial charge in [-0.3, -0.25) is 4.79 Å². The minimum absolute atomic E-state index is 0.0966. The van der Waals surface area contributed by atoms with Crippen LogP contribution in [0.3, 0.4) is 0 Å². The molecule has 0 N–H and O–H groups in total. The van der Waals surface area contributed by atoms with Crippen LogP contribution in [0.5, 0.6) is 0 Å². The maximum Gasteiger partial charge on any atom is 0.253 e. The highest BCUT2D eigenvalue weighted by atomic mass is 16.4. The topological polar surface area (TPSA) is 59.2 Å². The molecule has 1 aliphatic heterocycles. The Morgan fingerprint density at radius 1 is 0.926 bits per heavy atom. The average Bonchev–Trinajstić information content (AvgIpc) is 3.19. The summed E-state index contributed by atoms with van der Waals surface area (Å²) in [6, 6.07) is 15.4. The maximum absolute atomic E-state index is 12.6. The van der Waals surface area contributed by atoms with Gasteiger partial charge in [0.1, 0.15) is 0 Å². The Kier molecular flexibility index (Phi) is 4.75. The van der Waals surface area contributed by atoms with Crippen molar-refractivity contribution in [1.29, 1.82) is 0 Å². The molecule has 27 heavy (non-hydrogen) atoms. The van der Waals surface area contributed by atoms with Gasteiger partial charge in [0.25, 0.3) is 5.91 Å². The van der Waals surface area contributed by atoms with Crippen molar-refractivity contribution in [3.63, 3.8) is 0 Å². The Balaban J connectivity index is 1.49. The lowest BCUT2D eigenvalue weighted by Gasteiger charge is -2.30. The van der Waals surface area contributed by atoms with Crippen LogP contribution in [0.15, 0.2) is 52.9 Å². The molecule has 0 spiro atoms. The molecule has 1 saturated heterocycles. The standard InChI is InChI=1S/C22H23N3O2/c1-15-3-5-17(6-4-15)20-23-24-21(27-20)18-7-9-19(10-8-18)22(26)25-13-11-16(2)12-14-25/h3-10,16H,11-14H2,1-2H3. The molecule has 0 aliphatic carbocycles. The van der Waals surface area contributed by atoms with Crippen LogP contribution in [0.25, 0.3) is 22.9 Å². The summed E-state index contributed by atoms with van der Waals surface area (Å²) < 4.78 is 5.81. The third-order valence-electron chi connectivity index (χ3n) is 5.17. The fourth-order valence-corrected chi connectivity index (χ4v) is 3.30. The van der Waals surface area contributed by atoms with Crippen molar-refractivity contribution in [2.75, 3.05) is 13.1 Å². The molecule has 0 atom stereocenters. The minimum Gasteiger partial charge on any atom is -0.416 e. The summed E-state index contributed by atoms with van der Waals surface area (Å²) in [5, 5.41) is 8.28. The number of carbonyl (C=O) groups is 1. The summed E-state index contributed by atoms with van der Waals surface area (Å²) in [6.45, 7) is 5.96. The fraction of sp³-hybridized carbons (Fsp3) is 0.318. The van der Waals surface area contributed by atoms with Gasteiger partial charge in [-0.05, 0) is 62.1 Å². The van der Waals surface area contributed by atoms with E-state index < -0.39 is 0 Å². The normalized spacial score (nSPS) is 15.1. The Labute approximate surface area is 159 Å². The van der Waals surface area contributed by atoms with Gasteiger partial charge >= 0.3 is 0 Å². The van der Waals surface area contributed by atoms with E-state index in [-0.39, 0.29) is 5.91 Å². The number of piperidine rings is 1. The van der Waals surface area contributed by atoms with E-state index in [0.717, 1.165) is 37.1 Å². The van der Waals surface area contributed by atoms with Crippen molar-refractivity contribution in [2.24, 2.45) is 5.92 Å². The van der Waals surface area contributed by atoms with E-state index in [1.807, 2.05) is 60.4 Å². The van der Waals surface area contributed by atoms with Crippen LogP contribution in [-0.2, 0) is 0 Å². The molecule has 1 aliphatic rings. The molecule has 138 valence electrons. The molecule has 0 saturated carbocycles. The molecule has 1 amide bonds. The molecule has 2 heterocycles. The molecule has 4 rings (SSSR count). The Bertz CT molecular complexity index is 921. The zero-order chi connectivity index (χ0) is 18.8. The highest BCUT2D eigenvalue weighted by Gasteiger charge is 2.21. The van der Waals surface area contributed by atoms with E-state index in [1.54, 1.807) is 0 Å². The van der Waals surface area contributed by atoms with Crippen LogP contribution >= 0.6 is 0 Å². The maximum atomic E-state index is 12.6. The van der Waals surface area contributed by atoms with Crippen LogP contribution in [0, 0.1) is 12.8 Å². The van der Waals surface area contributed by atoms with Gasteiger partial charge in [-0.1, -0.05) is 24.6 Å². The van der Waals surface area contributed by atoms with E-state index in [2.05, 4.69) is 17.1 Å². The summed E-state index contributed by atoms with van der Waals surface area (Å²) in [4.78, 5) is 14.6. The molecule has 3 aromatic rings. The lowest BCUT2D eigenvalue weighted by molar-refractivity contribution is 0.0697. The van der Waals surface area contributed by atoms with Gasteiger partial charge in [0.05, 0.1) is 0 Å². The molecule has 0 bridgehead atoms. The molecule has 5 nitrogen and oxygen atoms in total. The van der Waals surface area contributed by atoms with Crippen LogP contribution in [0.2, 0.25) is 0 Å². The van der Waals surface area contributed by atoms with E-state index in [1.165, 1.54) is 5.56 Å². The number of aromatic nitrogens is 2.